The first kappa shape index (κ1) is 18.9. The smallest absolute Gasteiger partial charge is 0.257 e. The Kier molecular flexibility index (Phi) is 5.33. The van der Waals surface area contributed by atoms with E-state index in [0.717, 1.165) is 30.7 Å². The second kappa shape index (κ2) is 7.89. The van der Waals surface area contributed by atoms with E-state index in [0.29, 0.717) is 24.5 Å². The Balaban J connectivity index is 1.75. The van der Waals surface area contributed by atoms with Crippen LogP contribution in [0.3, 0.4) is 0 Å². The van der Waals surface area contributed by atoms with Gasteiger partial charge in [0.05, 0.1) is 23.3 Å². The lowest BCUT2D eigenvalue weighted by Gasteiger charge is -2.39. The van der Waals surface area contributed by atoms with Gasteiger partial charge in [0.25, 0.3) is 5.91 Å². The van der Waals surface area contributed by atoms with Crippen LogP contribution in [0.15, 0.2) is 36.4 Å². The highest BCUT2D eigenvalue weighted by Gasteiger charge is 2.35. The predicted molar refractivity (Wildman–Crippen MR) is 107 cm³/mol. The number of hydrogen-bond acceptors (Lipinski definition) is 5. The van der Waals surface area contributed by atoms with Crippen LogP contribution in [-0.4, -0.2) is 41.8 Å². The van der Waals surface area contributed by atoms with Crippen molar-refractivity contribution in [3.05, 3.63) is 52.5 Å². The van der Waals surface area contributed by atoms with Gasteiger partial charge in [0.2, 0.25) is 0 Å². The number of para-hydroxylation sites is 1. The fourth-order valence-electron chi connectivity index (χ4n) is 3.77. The Bertz CT molecular complexity index is 883. The lowest BCUT2D eigenvalue weighted by atomic mass is 10.0. The van der Waals surface area contributed by atoms with E-state index in [-0.39, 0.29) is 22.8 Å². The maximum absolute atomic E-state index is 13.3. The number of benzene rings is 2. The van der Waals surface area contributed by atoms with Gasteiger partial charge in [0.1, 0.15) is 6.17 Å². The van der Waals surface area contributed by atoms with Crippen molar-refractivity contribution in [2.24, 2.45) is 0 Å². The lowest BCUT2D eigenvalue weighted by Crippen LogP contribution is -2.46. The predicted octanol–water partition coefficient (Wildman–Crippen LogP) is 4.19. The monoisotopic (exact) mass is 402 g/mol. The Morgan fingerprint density at radius 2 is 2.18 bits per heavy atom. The van der Waals surface area contributed by atoms with Crippen molar-refractivity contribution >= 4 is 23.2 Å². The van der Waals surface area contributed by atoms with Gasteiger partial charge in [-0.3, -0.25) is 4.79 Å². The summed E-state index contributed by atoms with van der Waals surface area (Å²) in [4.78, 5) is 15.0. The van der Waals surface area contributed by atoms with Crippen molar-refractivity contribution in [1.29, 1.82) is 0 Å². The normalized spacial score (nSPS) is 21.4. The van der Waals surface area contributed by atoms with E-state index < -0.39 is 6.17 Å². The number of fused-ring (bicyclic) bond motifs is 1. The average Bonchev–Trinajstić information content (AvgIpc) is 3.21. The molecule has 2 aliphatic heterocycles. The topological polar surface area (TPSA) is 71.0 Å². The summed E-state index contributed by atoms with van der Waals surface area (Å²) in [7, 11) is 0. The summed E-state index contributed by atoms with van der Waals surface area (Å²) in [6, 6.07) is 10.8. The third-order valence-corrected chi connectivity index (χ3v) is 5.40. The molecule has 0 saturated carbocycles. The molecule has 28 heavy (non-hydrogen) atoms. The second-order valence-corrected chi connectivity index (χ2v) is 7.37. The summed E-state index contributed by atoms with van der Waals surface area (Å²) < 4.78 is 11.3. The number of ether oxygens (including phenoxy) is 2. The van der Waals surface area contributed by atoms with E-state index in [9.17, 15) is 9.90 Å². The number of anilines is 1. The van der Waals surface area contributed by atoms with Crippen molar-refractivity contribution < 1.29 is 19.4 Å². The molecule has 0 aromatic heterocycles. The molecule has 2 N–H and O–H groups in total. The number of amides is 1. The maximum Gasteiger partial charge on any atom is 0.257 e. The largest absolute Gasteiger partial charge is 0.503 e. The molecule has 6 nitrogen and oxygen atoms in total. The highest BCUT2D eigenvalue weighted by Crippen LogP contribution is 2.40. The van der Waals surface area contributed by atoms with Crippen LogP contribution in [-0.2, 0) is 4.74 Å². The second-order valence-electron chi connectivity index (χ2n) is 6.97. The zero-order valence-corrected chi connectivity index (χ0v) is 16.4. The van der Waals surface area contributed by atoms with E-state index >= 15 is 0 Å². The summed E-state index contributed by atoms with van der Waals surface area (Å²) in [5, 5.41) is 13.8. The van der Waals surface area contributed by atoms with E-state index in [1.54, 1.807) is 17.0 Å². The quantitative estimate of drug-likeness (QED) is 0.784. The third kappa shape index (κ3) is 3.50. The molecular formula is C21H23ClN2O4. The summed E-state index contributed by atoms with van der Waals surface area (Å²) in [6.07, 6.45) is 1.50. The molecule has 1 fully saturated rings. The Hall–Kier alpha value is -2.44. The lowest BCUT2D eigenvalue weighted by molar-refractivity contribution is 0.0426. The molecule has 0 bridgehead atoms. The van der Waals surface area contributed by atoms with Crippen LogP contribution in [0, 0.1) is 0 Å². The molecule has 0 radical (unpaired) electrons. The molecule has 1 saturated heterocycles. The number of carbonyl (C=O) groups is 1. The number of rotatable bonds is 5. The molecule has 0 spiro atoms. The van der Waals surface area contributed by atoms with Gasteiger partial charge in [-0.1, -0.05) is 23.7 Å². The number of halogens is 1. The van der Waals surface area contributed by atoms with Crippen molar-refractivity contribution in [2.45, 2.75) is 32.0 Å². The van der Waals surface area contributed by atoms with Crippen molar-refractivity contribution in [3.8, 4) is 11.5 Å². The molecule has 0 aliphatic carbocycles. The number of aromatic hydroxyl groups is 1. The van der Waals surface area contributed by atoms with Gasteiger partial charge in [-0.25, -0.2) is 0 Å². The number of hydrogen-bond donors (Lipinski definition) is 2. The van der Waals surface area contributed by atoms with Gasteiger partial charge in [-0.05, 0) is 44.0 Å². The van der Waals surface area contributed by atoms with Gasteiger partial charge in [-0.2, -0.15) is 0 Å². The minimum absolute atomic E-state index is 0.0115. The van der Waals surface area contributed by atoms with Gasteiger partial charge in [0.15, 0.2) is 11.5 Å². The molecule has 2 aliphatic rings. The van der Waals surface area contributed by atoms with Crippen LogP contribution in [0.1, 0.15) is 41.9 Å². The van der Waals surface area contributed by atoms with Crippen LogP contribution in [0.25, 0.3) is 0 Å². The highest BCUT2D eigenvalue weighted by atomic mass is 35.5. The third-order valence-electron chi connectivity index (χ3n) is 5.11. The molecular weight excluding hydrogens is 380 g/mol. The first-order valence-corrected chi connectivity index (χ1v) is 9.89. The summed E-state index contributed by atoms with van der Waals surface area (Å²) in [5.41, 5.74) is 2.14. The molecule has 2 aromatic carbocycles. The van der Waals surface area contributed by atoms with Gasteiger partial charge in [0, 0.05) is 24.4 Å². The maximum atomic E-state index is 13.3. The SMILES string of the molecule is CCOc1cc([C@H]2Nc3ccccc3C(=O)N2C[C@@H]2CCCO2)cc(Cl)c1O. The molecule has 2 atom stereocenters. The van der Waals surface area contributed by atoms with E-state index in [1.807, 2.05) is 31.2 Å². The van der Waals surface area contributed by atoms with Crippen molar-refractivity contribution in [1.82, 2.24) is 4.90 Å². The fourth-order valence-corrected chi connectivity index (χ4v) is 3.99. The van der Waals surface area contributed by atoms with E-state index in [4.69, 9.17) is 21.1 Å². The fraction of sp³-hybridized carbons (Fsp3) is 0.381. The molecule has 7 heteroatoms. The highest BCUT2D eigenvalue weighted by molar-refractivity contribution is 6.32. The number of phenolic OH excluding ortho intramolecular Hbond substituents is 1. The van der Waals surface area contributed by atoms with E-state index in [1.165, 1.54) is 0 Å². The summed E-state index contributed by atoms with van der Waals surface area (Å²) >= 11 is 6.24. The minimum Gasteiger partial charge on any atom is -0.503 e. The first-order valence-electron chi connectivity index (χ1n) is 9.51. The zero-order chi connectivity index (χ0) is 19.7. The van der Waals surface area contributed by atoms with Crippen LogP contribution in [0.2, 0.25) is 5.02 Å². The number of nitrogens with one attached hydrogen (secondary N) is 1. The molecule has 2 heterocycles. The van der Waals surface area contributed by atoms with Crippen LogP contribution >= 0.6 is 11.6 Å². The van der Waals surface area contributed by atoms with Crippen molar-refractivity contribution in [3.63, 3.8) is 0 Å². The number of carbonyl (C=O) groups excluding carboxylic acids is 1. The van der Waals surface area contributed by atoms with Crippen LogP contribution in [0.5, 0.6) is 11.5 Å². The van der Waals surface area contributed by atoms with E-state index in [2.05, 4.69) is 5.32 Å². The summed E-state index contributed by atoms with van der Waals surface area (Å²) in [5.74, 6) is 0.146. The molecule has 1 amide bonds. The number of nitrogens with zero attached hydrogens (tertiary/aromatic N) is 1. The van der Waals surface area contributed by atoms with Gasteiger partial charge < -0.3 is 24.8 Å². The van der Waals surface area contributed by atoms with Gasteiger partial charge in [-0.15, -0.1) is 0 Å². The molecule has 148 valence electrons. The van der Waals surface area contributed by atoms with Crippen LogP contribution in [0.4, 0.5) is 5.69 Å². The standard InChI is InChI=1S/C21H23ClN2O4/c1-2-27-18-11-13(10-16(22)19(18)25)20-23-17-8-4-3-7-15(17)21(26)24(20)12-14-6-5-9-28-14/h3-4,7-8,10-11,14,20,23,25H,2,5-6,9,12H2,1H3/t14-,20-/m0/s1. The van der Waals surface area contributed by atoms with Crippen molar-refractivity contribution in [2.75, 3.05) is 25.1 Å². The summed E-state index contributed by atoms with van der Waals surface area (Å²) in [6.45, 7) is 3.43. The average molecular weight is 403 g/mol. The molecule has 4 rings (SSSR count). The Morgan fingerprint density at radius 3 is 2.93 bits per heavy atom. The van der Waals surface area contributed by atoms with Gasteiger partial charge >= 0.3 is 0 Å². The first-order chi connectivity index (χ1) is 13.6. The minimum atomic E-state index is -0.441. The molecule has 0 unspecified atom stereocenters. The molecule has 2 aromatic rings. The Labute approximate surface area is 169 Å². The number of phenols is 1. The van der Waals surface area contributed by atoms with Crippen LogP contribution < -0.4 is 10.1 Å². The Morgan fingerprint density at radius 1 is 1.36 bits per heavy atom. The zero-order valence-electron chi connectivity index (χ0n) is 15.7.